The van der Waals surface area contributed by atoms with E-state index in [0.29, 0.717) is 16.9 Å². The van der Waals surface area contributed by atoms with Crippen molar-refractivity contribution in [2.24, 2.45) is 11.3 Å². The Morgan fingerprint density at radius 1 is 0.938 bits per heavy atom. The first-order valence-corrected chi connectivity index (χ1v) is 17.5. The molecule has 0 saturated heterocycles. The number of amides is 2. The second-order valence-corrected chi connectivity index (χ2v) is 15.5. The molecule has 4 rings (SSSR count). The van der Waals surface area contributed by atoms with Gasteiger partial charge in [-0.1, -0.05) is 95.3 Å². The number of sulfonamides is 1. The topological polar surface area (TPSA) is 154 Å². The minimum Gasteiger partial charge on any atom is -0.445 e. The maximum atomic E-state index is 14.0. The van der Waals surface area contributed by atoms with E-state index in [1.54, 1.807) is 19.1 Å². The van der Waals surface area contributed by atoms with Crippen molar-refractivity contribution in [1.82, 2.24) is 24.9 Å². The lowest BCUT2D eigenvalue weighted by Gasteiger charge is -2.34. The Morgan fingerprint density at radius 3 is 2.17 bits per heavy atom. The van der Waals surface area contributed by atoms with Crippen LogP contribution in [0.3, 0.4) is 0 Å². The number of imidazole rings is 1. The molecule has 0 radical (unpaired) electrons. The van der Waals surface area contributed by atoms with Gasteiger partial charge >= 0.3 is 6.09 Å². The molecule has 0 aliphatic heterocycles. The zero-order valence-corrected chi connectivity index (χ0v) is 29.3. The van der Waals surface area contributed by atoms with Crippen LogP contribution in [0.5, 0.6) is 0 Å². The quantitative estimate of drug-likeness (QED) is 0.147. The van der Waals surface area contributed by atoms with Gasteiger partial charge < -0.3 is 25.5 Å². The highest BCUT2D eigenvalue weighted by molar-refractivity contribution is 7.89. The fraction of sp³-hybridized carbons (Fsp3) is 0.417. The number of aliphatic hydroxyl groups is 1. The summed E-state index contributed by atoms with van der Waals surface area (Å²) in [7, 11) is -4.05. The summed E-state index contributed by atoms with van der Waals surface area (Å²) in [5, 5.41) is 17.3. The van der Waals surface area contributed by atoms with E-state index in [2.05, 4.69) is 20.6 Å². The van der Waals surface area contributed by atoms with E-state index in [4.69, 9.17) is 4.74 Å². The van der Waals surface area contributed by atoms with Crippen LogP contribution in [0.15, 0.2) is 83.8 Å². The maximum absolute atomic E-state index is 14.0. The van der Waals surface area contributed by atoms with Gasteiger partial charge in [0.05, 0.1) is 28.1 Å². The van der Waals surface area contributed by atoms with Crippen molar-refractivity contribution < 1.29 is 27.9 Å². The molecule has 3 aromatic carbocycles. The number of aromatic amines is 1. The Balaban J connectivity index is 1.57. The number of fused-ring (bicyclic) bond motifs is 1. The first kappa shape index (κ1) is 36.6. The normalized spacial score (nSPS) is 14.1. The molecule has 0 aliphatic rings. The van der Waals surface area contributed by atoms with E-state index in [-0.39, 0.29) is 36.9 Å². The molecule has 0 bridgehead atoms. The summed E-state index contributed by atoms with van der Waals surface area (Å²) in [6.07, 6.45) is -1.84. The minimum absolute atomic E-state index is 0.0353. The maximum Gasteiger partial charge on any atom is 0.408 e. The number of aryl methyl sites for hydroxylation is 1. The van der Waals surface area contributed by atoms with E-state index in [1.165, 1.54) is 10.4 Å². The van der Waals surface area contributed by atoms with Crippen LogP contribution in [0.4, 0.5) is 4.79 Å². The van der Waals surface area contributed by atoms with Crippen molar-refractivity contribution in [3.05, 3.63) is 95.8 Å². The van der Waals surface area contributed by atoms with Crippen LogP contribution < -0.4 is 10.6 Å². The molecule has 2 amide bonds. The van der Waals surface area contributed by atoms with Gasteiger partial charge in [0.15, 0.2) is 0 Å². The SMILES string of the molecule is Cc1nc2ccc(S(=O)(=O)N(CC(C)C)CC(O)[C@H](Cc3ccccc3)NC(=O)[C@@H](NC(=O)OCc3ccccc3)C(C)(C)C)cc2[nH]1. The summed E-state index contributed by atoms with van der Waals surface area (Å²) in [5.74, 6) is 0.0853. The van der Waals surface area contributed by atoms with Crippen molar-refractivity contribution in [3.63, 3.8) is 0 Å². The Bertz CT molecular complexity index is 1770. The number of carbonyl (C=O) groups is 2. The molecule has 4 aromatic rings. The number of H-pyrrole nitrogens is 1. The Labute approximate surface area is 283 Å². The predicted octanol–water partition coefficient (Wildman–Crippen LogP) is 4.95. The molecule has 0 spiro atoms. The average molecular weight is 678 g/mol. The van der Waals surface area contributed by atoms with Gasteiger partial charge in [-0.05, 0) is 54.0 Å². The number of hydrogen-bond acceptors (Lipinski definition) is 7. The highest BCUT2D eigenvalue weighted by atomic mass is 32.2. The summed E-state index contributed by atoms with van der Waals surface area (Å²) in [6.45, 7) is 10.9. The van der Waals surface area contributed by atoms with Crippen molar-refractivity contribution in [1.29, 1.82) is 0 Å². The van der Waals surface area contributed by atoms with Crippen LogP contribution in [0.1, 0.15) is 51.6 Å². The van der Waals surface area contributed by atoms with Crippen molar-refractivity contribution >= 4 is 33.1 Å². The third-order valence-electron chi connectivity index (χ3n) is 7.86. The van der Waals surface area contributed by atoms with Crippen LogP contribution in [-0.2, 0) is 32.6 Å². The molecule has 48 heavy (non-hydrogen) atoms. The molecular formula is C36H47N5O6S. The van der Waals surface area contributed by atoms with Gasteiger partial charge in [0.25, 0.3) is 0 Å². The van der Waals surface area contributed by atoms with E-state index in [9.17, 15) is 23.1 Å². The smallest absolute Gasteiger partial charge is 0.408 e. The first-order valence-electron chi connectivity index (χ1n) is 16.1. The van der Waals surface area contributed by atoms with Gasteiger partial charge in [0.1, 0.15) is 18.5 Å². The zero-order chi connectivity index (χ0) is 35.1. The number of nitrogens with zero attached hydrogens (tertiary/aromatic N) is 2. The third-order valence-corrected chi connectivity index (χ3v) is 9.69. The summed E-state index contributed by atoms with van der Waals surface area (Å²) in [5.41, 5.74) is 2.16. The van der Waals surface area contributed by atoms with Crippen LogP contribution >= 0.6 is 0 Å². The minimum atomic E-state index is -4.05. The molecule has 258 valence electrons. The highest BCUT2D eigenvalue weighted by Gasteiger charge is 2.37. The van der Waals surface area contributed by atoms with E-state index in [1.807, 2.05) is 95.3 Å². The number of ether oxygens (including phenoxy) is 1. The number of alkyl carbamates (subject to hydrolysis) is 1. The summed E-state index contributed by atoms with van der Waals surface area (Å²) >= 11 is 0. The summed E-state index contributed by atoms with van der Waals surface area (Å²) in [4.78, 5) is 34.2. The van der Waals surface area contributed by atoms with Crippen molar-refractivity contribution in [3.8, 4) is 0 Å². The first-order chi connectivity index (χ1) is 22.6. The molecule has 0 aliphatic carbocycles. The number of aliphatic hydroxyl groups excluding tert-OH is 1. The van der Waals surface area contributed by atoms with E-state index < -0.39 is 45.6 Å². The fourth-order valence-corrected chi connectivity index (χ4v) is 7.06. The lowest BCUT2D eigenvalue weighted by Crippen LogP contribution is -2.58. The monoisotopic (exact) mass is 677 g/mol. The number of aromatic nitrogens is 2. The van der Waals surface area contributed by atoms with Gasteiger partial charge in [-0.2, -0.15) is 4.31 Å². The summed E-state index contributed by atoms with van der Waals surface area (Å²) in [6, 6.07) is 21.3. The van der Waals surface area contributed by atoms with E-state index >= 15 is 0 Å². The fourth-order valence-electron chi connectivity index (χ4n) is 5.42. The molecule has 1 aromatic heterocycles. The molecule has 12 heteroatoms. The highest BCUT2D eigenvalue weighted by Crippen LogP contribution is 2.24. The molecular weight excluding hydrogens is 630 g/mol. The van der Waals surface area contributed by atoms with Crippen LogP contribution in [0, 0.1) is 18.3 Å². The zero-order valence-electron chi connectivity index (χ0n) is 28.4. The molecule has 11 nitrogen and oxygen atoms in total. The largest absolute Gasteiger partial charge is 0.445 e. The average Bonchev–Trinajstić information content (AvgIpc) is 3.41. The Hall–Kier alpha value is -4.26. The van der Waals surface area contributed by atoms with Gasteiger partial charge in [-0.25, -0.2) is 18.2 Å². The molecule has 3 atom stereocenters. The van der Waals surface area contributed by atoms with Gasteiger partial charge in [-0.3, -0.25) is 4.79 Å². The van der Waals surface area contributed by atoms with E-state index in [0.717, 1.165) is 11.1 Å². The van der Waals surface area contributed by atoms with Crippen molar-refractivity contribution in [2.45, 2.75) is 77.7 Å². The molecule has 0 saturated carbocycles. The Kier molecular flexibility index (Phi) is 12.0. The van der Waals surface area contributed by atoms with Crippen LogP contribution in [0.25, 0.3) is 11.0 Å². The molecule has 1 unspecified atom stereocenters. The number of benzene rings is 3. The molecule has 4 N–H and O–H groups in total. The second-order valence-electron chi connectivity index (χ2n) is 13.6. The number of carbonyl (C=O) groups excluding carboxylic acids is 2. The predicted molar refractivity (Wildman–Crippen MR) is 186 cm³/mol. The van der Waals surface area contributed by atoms with Gasteiger partial charge in [0, 0.05) is 13.1 Å². The van der Waals surface area contributed by atoms with Crippen molar-refractivity contribution in [2.75, 3.05) is 13.1 Å². The van der Waals surface area contributed by atoms with Gasteiger partial charge in [-0.15, -0.1) is 0 Å². The number of rotatable bonds is 14. The van der Waals surface area contributed by atoms with Crippen LogP contribution in [0.2, 0.25) is 0 Å². The Morgan fingerprint density at radius 2 is 1.56 bits per heavy atom. The molecule has 0 fully saturated rings. The second kappa shape index (κ2) is 15.8. The van der Waals surface area contributed by atoms with Gasteiger partial charge in [0.2, 0.25) is 15.9 Å². The number of hydrogen-bond donors (Lipinski definition) is 4. The lowest BCUT2D eigenvalue weighted by atomic mass is 9.85. The standard InChI is InChI=1S/C36H47N5O6S/c1-24(2)21-41(48(45,46)28-17-18-29-30(20-28)38-25(3)37-29)22-32(42)31(19-26-13-9-7-10-14-26)39-34(43)33(36(4,5)6)40-35(44)47-23-27-15-11-8-12-16-27/h7-18,20,24,31-33,42H,19,21-23H2,1-6H3,(H,37,38)(H,39,43)(H,40,44)/t31-,32?,33+/m0/s1. The number of nitrogens with one attached hydrogen (secondary N) is 3. The third kappa shape index (κ3) is 9.88. The van der Waals surface area contributed by atoms with Crippen LogP contribution in [-0.4, -0.2) is 71.1 Å². The summed E-state index contributed by atoms with van der Waals surface area (Å²) < 4.78 is 34.7. The lowest BCUT2D eigenvalue weighted by molar-refractivity contribution is -0.127. The molecule has 1 heterocycles.